The number of rotatable bonds is 2. The smallest absolute Gasteiger partial charge is 0.290 e. The molecule has 0 aliphatic carbocycles. The van der Waals surface area contributed by atoms with Crippen LogP contribution in [0.1, 0.15) is 5.56 Å². The minimum Gasteiger partial charge on any atom is -0.290 e. The summed E-state index contributed by atoms with van der Waals surface area (Å²) in [7, 11) is 1.70. The molecular weight excluding hydrogens is 354 g/mol. The van der Waals surface area contributed by atoms with Gasteiger partial charge in [-0.1, -0.05) is 29.8 Å². The molecule has 0 spiro atoms. The predicted molar refractivity (Wildman–Crippen MR) is 102 cm³/mol. The van der Waals surface area contributed by atoms with Gasteiger partial charge in [-0.15, -0.1) is 0 Å². The molecular formula is C18H14ClN5O2. The van der Waals surface area contributed by atoms with Crippen LogP contribution < -0.4 is 21.7 Å². The van der Waals surface area contributed by atoms with Gasteiger partial charge in [-0.3, -0.25) is 20.2 Å². The number of aromatic nitrogens is 2. The van der Waals surface area contributed by atoms with Crippen LogP contribution in [0.3, 0.4) is 0 Å². The Morgan fingerprint density at radius 2 is 1.69 bits per heavy atom. The second-order valence-corrected chi connectivity index (χ2v) is 6.18. The number of anilines is 1. The number of aliphatic imine (C=N–C) groups is 1. The molecule has 0 saturated heterocycles. The summed E-state index contributed by atoms with van der Waals surface area (Å²) in [5, 5.41) is 2.17. The Morgan fingerprint density at radius 3 is 2.38 bits per heavy atom. The van der Waals surface area contributed by atoms with Crippen molar-refractivity contribution in [2.24, 2.45) is 4.99 Å². The first kappa shape index (κ1) is 16.2. The first-order valence-corrected chi connectivity index (χ1v) is 8.22. The molecule has 0 atom stereocenters. The molecule has 0 bridgehead atoms. The molecule has 1 aromatic heterocycles. The lowest BCUT2D eigenvalue weighted by molar-refractivity contribution is 0.793. The van der Waals surface area contributed by atoms with Gasteiger partial charge in [0.2, 0.25) is 0 Å². The highest BCUT2D eigenvalue weighted by atomic mass is 35.5. The summed E-state index contributed by atoms with van der Waals surface area (Å²) in [5.74, 6) is 0.797. The fraction of sp³-hybridized carbons (Fsp3) is 0.0556. The second-order valence-electron chi connectivity index (χ2n) is 5.74. The highest BCUT2D eigenvalue weighted by Gasteiger charge is 2.23. The topological polar surface area (TPSA) is 82.5 Å². The van der Waals surface area contributed by atoms with Gasteiger partial charge in [-0.05, 0) is 36.4 Å². The van der Waals surface area contributed by atoms with E-state index in [4.69, 9.17) is 11.6 Å². The fourth-order valence-corrected chi connectivity index (χ4v) is 2.89. The molecule has 0 saturated carbocycles. The highest BCUT2D eigenvalue weighted by molar-refractivity contribution is 6.30. The number of para-hydroxylation sites is 1. The quantitative estimate of drug-likeness (QED) is 0.727. The highest BCUT2D eigenvalue weighted by Crippen LogP contribution is 2.24. The SMILES string of the molecule is CN1NC(c2ccc(Cl)cc2)=Nc2c1[nH]c(=O)n(-c1ccccc1)c2=O. The Hall–Kier alpha value is -3.32. The van der Waals surface area contributed by atoms with Crippen LogP contribution >= 0.6 is 11.6 Å². The fourth-order valence-electron chi connectivity index (χ4n) is 2.76. The van der Waals surface area contributed by atoms with Crippen LogP contribution in [0.2, 0.25) is 5.02 Å². The summed E-state index contributed by atoms with van der Waals surface area (Å²) in [4.78, 5) is 32.6. The molecule has 0 radical (unpaired) electrons. The number of benzene rings is 2. The third-order valence-corrected chi connectivity index (χ3v) is 4.28. The number of amidine groups is 1. The molecule has 26 heavy (non-hydrogen) atoms. The molecule has 8 heteroatoms. The van der Waals surface area contributed by atoms with E-state index in [0.29, 0.717) is 22.4 Å². The number of aromatic amines is 1. The third kappa shape index (κ3) is 2.68. The van der Waals surface area contributed by atoms with Crippen LogP contribution in [-0.4, -0.2) is 22.4 Å². The van der Waals surface area contributed by atoms with E-state index in [-0.39, 0.29) is 5.69 Å². The van der Waals surface area contributed by atoms with E-state index < -0.39 is 11.2 Å². The maximum atomic E-state index is 13.0. The Morgan fingerprint density at radius 1 is 1.00 bits per heavy atom. The summed E-state index contributed by atoms with van der Waals surface area (Å²) in [6.45, 7) is 0. The summed E-state index contributed by atoms with van der Waals surface area (Å²) >= 11 is 5.93. The van der Waals surface area contributed by atoms with Crippen LogP contribution in [0.25, 0.3) is 5.69 Å². The number of hydrogen-bond acceptors (Lipinski definition) is 5. The van der Waals surface area contributed by atoms with Crippen molar-refractivity contribution >= 4 is 28.9 Å². The molecule has 7 nitrogen and oxygen atoms in total. The van der Waals surface area contributed by atoms with Crippen molar-refractivity contribution in [2.75, 3.05) is 12.1 Å². The van der Waals surface area contributed by atoms with E-state index in [1.54, 1.807) is 60.6 Å². The maximum absolute atomic E-state index is 13.0. The molecule has 2 aromatic carbocycles. The van der Waals surface area contributed by atoms with Gasteiger partial charge in [0.25, 0.3) is 5.56 Å². The molecule has 0 unspecified atom stereocenters. The molecule has 3 aromatic rings. The van der Waals surface area contributed by atoms with Crippen molar-refractivity contribution in [3.8, 4) is 5.69 Å². The molecule has 0 fully saturated rings. The van der Waals surface area contributed by atoms with Gasteiger partial charge < -0.3 is 0 Å². The second kappa shape index (κ2) is 6.20. The summed E-state index contributed by atoms with van der Waals surface area (Å²) in [5.41, 5.74) is 3.42. The molecule has 0 amide bonds. The van der Waals surface area contributed by atoms with Gasteiger partial charge in [0.15, 0.2) is 17.3 Å². The first-order chi connectivity index (χ1) is 12.5. The molecule has 1 aliphatic rings. The monoisotopic (exact) mass is 367 g/mol. The average Bonchev–Trinajstić information content (AvgIpc) is 2.64. The van der Waals surface area contributed by atoms with Crippen LogP contribution in [-0.2, 0) is 0 Å². The van der Waals surface area contributed by atoms with E-state index in [1.165, 1.54) is 0 Å². The largest absolute Gasteiger partial charge is 0.334 e. The van der Waals surface area contributed by atoms with Crippen LogP contribution in [0.5, 0.6) is 0 Å². The van der Waals surface area contributed by atoms with Crippen molar-refractivity contribution in [3.63, 3.8) is 0 Å². The number of nitrogens with zero attached hydrogens (tertiary/aromatic N) is 3. The van der Waals surface area contributed by atoms with E-state index in [2.05, 4.69) is 15.4 Å². The number of halogens is 1. The van der Waals surface area contributed by atoms with Crippen LogP contribution in [0, 0.1) is 0 Å². The van der Waals surface area contributed by atoms with Crippen molar-refractivity contribution < 1.29 is 0 Å². The van der Waals surface area contributed by atoms with Crippen molar-refractivity contribution in [3.05, 3.63) is 86.0 Å². The average molecular weight is 368 g/mol. The minimum atomic E-state index is -0.529. The van der Waals surface area contributed by atoms with Crippen molar-refractivity contribution in [1.82, 2.24) is 15.0 Å². The van der Waals surface area contributed by atoms with E-state index in [1.807, 2.05) is 6.07 Å². The normalized spacial score (nSPS) is 13.0. The van der Waals surface area contributed by atoms with Gasteiger partial charge >= 0.3 is 5.69 Å². The zero-order chi connectivity index (χ0) is 18.3. The Kier molecular flexibility index (Phi) is 3.85. The van der Waals surface area contributed by atoms with E-state index in [9.17, 15) is 9.59 Å². The molecule has 2 N–H and O–H groups in total. The maximum Gasteiger partial charge on any atom is 0.334 e. The van der Waals surface area contributed by atoms with Gasteiger partial charge in [0.1, 0.15) is 0 Å². The Balaban J connectivity index is 1.93. The minimum absolute atomic E-state index is 0.152. The molecule has 4 rings (SSSR count). The van der Waals surface area contributed by atoms with Crippen LogP contribution in [0.4, 0.5) is 11.5 Å². The first-order valence-electron chi connectivity index (χ1n) is 7.84. The number of H-pyrrole nitrogens is 1. The summed E-state index contributed by atoms with van der Waals surface area (Å²) in [6, 6.07) is 15.8. The molecule has 2 heterocycles. The summed E-state index contributed by atoms with van der Waals surface area (Å²) < 4.78 is 1.07. The van der Waals surface area contributed by atoms with E-state index >= 15 is 0 Å². The lowest BCUT2D eigenvalue weighted by Gasteiger charge is -2.27. The Labute approximate surface area is 153 Å². The zero-order valence-electron chi connectivity index (χ0n) is 13.7. The lowest BCUT2D eigenvalue weighted by atomic mass is 10.2. The van der Waals surface area contributed by atoms with Gasteiger partial charge in [0, 0.05) is 17.6 Å². The number of hydrazine groups is 1. The molecule has 130 valence electrons. The number of hydrogen-bond donors (Lipinski definition) is 2. The standard InChI is InChI=1S/C18H14ClN5O2/c1-23-16-14(20-15(22-23)11-7-9-12(19)10-8-11)17(25)24(18(26)21-16)13-5-3-2-4-6-13/h2-10H,1H3,(H,20,22)(H,21,26). The zero-order valence-corrected chi connectivity index (χ0v) is 14.5. The Bertz CT molecular complexity index is 1120. The van der Waals surface area contributed by atoms with Gasteiger partial charge in [-0.2, -0.15) is 0 Å². The lowest BCUT2D eigenvalue weighted by Crippen LogP contribution is -2.46. The molecule has 1 aliphatic heterocycles. The van der Waals surface area contributed by atoms with Gasteiger partial charge in [0.05, 0.1) is 5.69 Å². The predicted octanol–water partition coefficient (Wildman–Crippen LogP) is 2.21. The van der Waals surface area contributed by atoms with Crippen molar-refractivity contribution in [2.45, 2.75) is 0 Å². The van der Waals surface area contributed by atoms with Crippen molar-refractivity contribution in [1.29, 1.82) is 0 Å². The summed E-state index contributed by atoms with van der Waals surface area (Å²) in [6.07, 6.45) is 0. The van der Waals surface area contributed by atoms with Crippen LogP contribution in [0.15, 0.2) is 69.2 Å². The third-order valence-electron chi connectivity index (χ3n) is 4.02. The number of nitrogens with one attached hydrogen (secondary N) is 2. The number of fused-ring (bicyclic) bond motifs is 1. The van der Waals surface area contributed by atoms with Gasteiger partial charge in [-0.25, -0.2) is 14.4 Å². The van der Waals surface area contributed by atoms with E-state index in [0.717, 1.165) is 10.1 Å².